The molecule has 3 aromatic rings. The second-order valence-electron chi connectivity index (χ2n) is 8.48. The summed E-state index contributed by atoms with van der Waals surface area (Å²) in [5.41, 5.74) is 0.840. The maximum atomic E-state index is 12.8. The third-order valence-electron chi connectivity index (χ3n) is 5.90. The molecule has 1 saturated heterocycles. The number of fused-ring (bicyclic) bond motifs is 1. The fourth-order valence-corrected chi connectivity index (χ4v) is 3.93. The van der Waals surface area contributed by atoms with Crippen LogP contribution in [0.4, 0.5) is 10.6 Å². The number of carboxylic acid groups (broad SMARTS) is 1. The van der Waals surface area contributed by atoms with Gasteiger partial charge in [0.1, 0.15) is 11.5 Å². The number of amides is 2. The quantitative estimate of drug-likeness (QED) is 0.505. The first-order chi connectivity index (χ1) is 18.3. The van der Waals surface area contributed by atoms with Crippen LogP contribution in [0.25, 0.3) is 0 Å². The molecule has 2 N–H and O–H groups in total. The highest BCUT2D eigenvalue weighted by Crippen LogP contribution is 2.35. The van der Waals surface area contributed by atoms with Crippen LogP contribution in [-0.2, 0) is 9.53 Å². The van der Waals surface area contributed by atoms with Gasteiger partial charge in [0.15, 0.2) is 11.8 Å². The predicted octanol–water partition coefficient (Wildman–Crippen LogP) is 2.37. The number of nitrogens with zero attached hydrogens (tertiary/aromatic N) is 6. The van der Waals surface area contributed by atoms with Crippen molar-refractivity contribution in [3.8, 4) is 0 Å². The Kier molecular flexibility index (Phi) is 8.46. The minimum Gasteiger partial charge on any atom is -0.479 e. The first-order valence-electron chi connectivity index (χ1n) is 11.6. The van der Waals surface area contributed by atoms with E-state index in [9.17, 15) is 14.4 Å². The predicted molar refractivity (Wildman–Crippen MR) is 135 cm³/mol. The van der Waals surface area contributed by atoms with E-state index in [0.29, 0.717) is 35.2 Å². The van der Waals surface area contributed by atoms with E-state index in [0.717, 1.165) is 13.1 Å². The molecule has 2 atom stereocenters. The standard InChI is InChI=1S/C17H17ClN6O3.C8H8O3/c1-22-6-8-23(9-7-22)17(26)27-16-14-13(19-4-5-20-14)15(25)24(16)12-3-2-11(18)10-21-12;9-7(8(10)11)6-4-2-1-3-5-6/h2-5,10,16H,6-9H2,1H3;1-5,7,9H,(H,10,11). The summed E-state index contributed by atoms with van der Waals surface area (Å²) in [6.45, 7) is 2.64. The third kappa shape index (κ3) is 6.05. The van der Waals surface area contributed by atoms with Crippen molar-refractivity contribution < 1.29 is 29.3 Å². The van der Waals surface area contributed by atoms with Gasteiger partial charge in [-0.2, -0.15) is 0 Å². The molecule has 198 valence electrons. The molecule has 38 heavy (non-hydrogen) atoms. The molecule has 2 amide bonds. The van der Waals surface area contributed by atoms with Crippen molar-refractivity contribution in [1.82, 2.24) is 24.8 Å². The molecule has 1 fully saturated rings. The summed E-state index contributed by atoms with van der Waals surface area (Å²) in [7, 11) is 2.00. The van der Waals surface area contributed by atoms with E-state index in [1.54, 1.807) is 47.4 Å². The molecule has 0 saturated carbocycles. The number of aromatic nitrogens is 3. The smallest absolute Gasteiger partial charge is 0.412 e. The number of aliphatic hydroxyl groups excluding tert-OH is 1. The number of aliphatic hydroxyl groups is 1. The van der Waals surface area contributed by atoms with Crippen LogP contribution in [0.2, 0.25) is 5.02 Å². The number of benzene rings is 1. The Balaban J connectivity index is 0.000000257. The lowest BCUT2D eigenvalue weighted by atomic mass is 10.1. The topological polar surface area (TPSA) is 149 Å². The van der Waals surface area contributed by atoms with E-state index in [4.69, 9.17) is 26.6 Å². The summed E-state index contributed by atoms with van der Waals surface area (Å²) in [5.74, 6) is -1.35. The number of aliphatic carboxylic acids is 1. The molecular formula is C25H25ClN6O6. The summed E-state index contributed by atoms with van der Waals surface area (Å²) < 4.78 is 5.68. The molecular weight excluding hydrogens is 516 g/mol. The fraction of sp³-hybridized carbons (Fsp3) is 0.280. The summed E-state index contributed by atoms with van der Waals surface area (Å²) in [5, 5.41) is 17.8. The fourth-order valence-electron chi connectivity index (χ4n) is 3.82. The Hall–Kier alpha value is -4.13. The van der Waals surface area contributed by atoms with Crippen molar-refractivity contribution in [1.29, 1.82) is 0 Å². The molecule has 4 heterocycles. The van der Waals surface area contributed by atoms with Crippen molar-refractivity contribution in [3.63, 3.8) is 0 Å². The number of pyridine rings is 1. The molecule has 2 aliphatic heterocycles. The van der Waals surface area contributed by atoms with Crippen molar-refractivity contribution in [2.75, 3.05) is 38.1 Å². The van der Waals surface area contributed by atoms with E-state index in [2.05, 4.69) is 19.9 Å². The van der Waals surface area contributed by atoms with Crippen molar-refractivity contribution in [2.24, 2.45) is 0 Å². The second kappa shape index (κ2) is 11.9. The lowest BCUT2D eigenvalue weighted by Crippen LogP contribution is -2.48. The zero-order chi connectivity index (χ0) is 27.2. The molecule has 5 rings (SSSR count). The number of likely N-dealkylation sites (N-methyl/N-ethyl adjacent to an activating group) is 1. The number of hydrogen-bond donors (Lipinski definition) is 2. The van der Waals surface area contributed by atoms with Crippen LogP contribution < -0.4 is 4.90 Å². The normalized spacial score (nSPS) is 17.8. The van der Waals surface area contributed by atoms with E-state index in [1.807, 2.05) is 7.05 Å². The van der Waals surface area contributed by atoms with E-state index >= 15 is 0 Å². The largest absolute Gasteiger partial charge is 0.479 e. The lowest BCUT2D eigenvalue weighted by Gasteiger charge is -2.33. The average Bonchev–Trinajstić information content (AvgIpc) is 3.21. The molecule has 1 aromatic carbocycles. The zero-order valence-electron chi connectivity index (χ0n) is 20.3. The number of carbonyl (C=O) groups excluding carboxylic acids is 2. The first-order valence-corrected chi connectivity index (χ1v) is 12.0. The highest BCUT2D eigenvalue weighted by molar-refractivity contribution is 6.30. The van der Waals surface area contributed by atoms with E-state index in [1.165, 1.54) is 23.5 Å². The van der Waals surface area contributed by atoms with Crippen LogP contribution in [0.15, 0.2) is 61.1 Å². The van der Waals surface area contributed by atoms with Crippen LogP contribution in [0, 0.1) is 0 Å². The van der Waals surface area contributed by atoms with Crippen LogP contribution in [0.5, 0.6) is 0 Å². The monoisotopic (exact) mass is 540 g/mol. The maximum Gasteiger partial charge on any atom is 0.412 e. The Bertz CT molecular complexity index is 1290. The van der Waals surface area contributed by atoms with Gasteiger partial charge >= 0.3 is 12.1 Å². The number of halogens is 1. The van der Waals surface area contributed by atoms with Gasteiger partial charge < -0.3 is 24.7 Å². The van der Waals surface area contributed by atoms with Crippen LogP contribution in [0.1, 0.15) is 34.1 Å². The van der Waals surface area contributed by atoms with Gasteiger partial charge in [0.05, 0.1) is 5.02 Å². The van der Waals surface area contributed by atoms with Gasteiger partial charge in [-0.1, -0.05) is 41.9 Å². The molecule has 13 heteroatoms. The number of hydrogen-bond acceptors (Lipinski definition) is 9. The molecule has 0 bridgehead atoms. The molecule has 0 spiro atoms. The Labute approximate surface area is 223 Å². The molecule has 2 aromatic heterocycles. The van der Waals surface area contributed by atoms with Gasteiger partial charge in [0.2, 0.25) is 6.23 Å². The summed E-state index contributed by atoms with van der Waals surface area (Å²) in [6, 6.07) is 11.5. The number of carbonyl (C=O) groups is 3. The minimum absolute atomic E-state index is 0.144. The Morgan fingerprint density at radius 2 is 1.71 bits per heavy atom. The first kappa shape index (κ1) is 26.9. The lowest BCUT2D eigenvalue weighted by molar-refractivity contribution is -0.146. The highest BCUT2D eigenvalue weighted by Gasteiger charge is 2.44. The molecule has 2 unspecified atom stereocenters. The molecule has 2 aliphatic rings. The Morgan fingerprint density at radius 1 is 1.03 bits per heavy atom. The molecule has 0 aliphatic carbocycles. The van der Waals surface area contributed by atoms with Crippen molar-refractivity contribution >= 4 is 35.4 Å². The summed E-state index contributed by atoms with van der Waals surface area (Å²) >= 11 is 5.89. The minimum atomic E-state index is -1.41. The number of anilines is 1. The molecule has 0 radical (unpaired) electrons. The van der Waals surface area contributed by atoms with Gasteiger partial charge in [-0.05, 0) is 24.7 Å². The summed E-state index contributed by atoms with van der Waals surface area (Å²) in [4.78, 5) is 53.3. The van der Waals surface area contributed by atoms with E-state index in [-0.39, 0.29) is 5.69 Å². The van der Waals surface area contributed by atoms with Gasteiger partial charge in [-0.3, -0.25) is 9.78 Å². The Morgan fingerprint density at radius 3 is 2.34 bits per heavy atom. The maximum absolute atomic E-state index is 12.8. The van der Waals surface area contributed by atoms with Crippen LogP contribution in [-0.4, -0.2) is 86.2 Å². The van der Waals surface area contributed by atoms with Gasteiger partial charge in [-0.25, -0.2) is 24.5 Å². The average molecular weight is 541 g/mol. The second-order valence-corrected chi connectivity index (χ2v) is 8.91. The van der Waals surface area contributed by atoms with E-state index < -0.39 is 30.3 Å². The van der Waals surface area contributed by atoms with Gasteiger partial charge in [0.25, 0.3) is 5.91 Å². The zero-order valence-corrected chi connectivity index (χ0v) is 21.1. The number of carboxylic acids is 1. The summed E-state index contributed by atoms with van der Waals surface area (Å²) in [6.07, 6.45) is 1.38. The number of piperazine rings is 1. The number of rotatable bonds is 4. The van der Waals surface area contributed by atoms with Crippen LogP contribution >= 0.6 is 11.6 Å². The van der Waals surface area contributed by atoms with Gasteiger partial charge in [0, 0.05) is 44.8 Å². The number of ether oxygens (including phenoxy) is 1. The third-order valence-corrected chi connectivity index (χ3v) is 6.12. The molecule has 12 nitrogen and oxygen atoms in total. The van der Waals surface area contributed by atoms with Crippen LogP contribution in [0.3, 0.4) is 0 Å². The van der Waals surface area contributed by atoms with Gasteiger partial charge in [-0.15, -0.1) is 0 Å². The SMILES string of the molecule is CN1CCN(C(=O)OC2c3nccnc3C(=O)N2c2ccc(Cl)cn2)CC1.O=C(O)C(O)c1ccccc1. The highest BCUT2D eigenvalue weighted by atomic mass is 35.5. The van der Waals surface area contributed by atoms with Crippen molar-refractivity contribution in [3.05, 3.63) is 83.0 Å². The van der Waals surface area contributed by atoms with Crippen molar-refractivity contribution in [2.45, 2.75) is 12.3 Å².